The molecule has 4 rings (SSSR count). The van der Waals surface area contributed by atoms with E-state index in [0.717, 1.165) is 37.6 Å². The summed E-state index contributed by atoms with van der Waals surface area (Å²) >= 11 is 2.25. The highest BCUT2D eigenvalue weighted by Gasteiger charge is 2.27. The predicted molar refractivity (Wildman–Crippen MR) is 91.1 cm³/mol. The van der Waals surface area contributed by atoms with Crippen LogP contribution in [0.3, 0.4) is 0 Å². The van der Waals surface area contributed by atoms with Crippen molar-refractivity contribution in [3.8, 4) is 0 Å². The summed E-state index contributed by atoms with van der Waals surface area (Å²) in [6.45, 7) is 0. The third-order valence-corrected chi connectivity index (χ3v) is 4.64. The van der Waals surface area contributed by atoms with Gasteiger partial charge in [0.25, 0.3) is 0 Å². The maximum Gasteiger partial charge on any atom is 0.148 e. The first-order valence-electron chi connectivity index (χ1n) is 6.68. The lowest BCUT2D eigenvalue weighted by atomic mass is 9.94. The smallest absolute Gasteiger partial charge is 0.148 e. The molecule has 1 atom stereocenters. The van der Waals surface area contributed by atoms with Crippen LogP contribution >= 0.6 is 22.6 Å². The van der Waals surface area contributed by atoms with Crippen molar-refractivity contribution in [1.82, 2.24) is 9.78 Å². The highest BCUT2D eigenvalue weighted by atomic mass is 127. The largest absolute Gasteiger partial charge is 0.298 e. The molecule has 0 amide bonds. The number of carbonyl (C=O) groups is 1. The normalized spacial score (nSPS) is 16.8. The summed E-state index contributed by atoms with van der Waals surface area (Å²) in [6.07, 6.45) is 2.92. The van der Waals surface area contributed by atoms with E-state index in [4.69, 9.17) is 0 Å². The summed E-state index contributed by atoms with van der Waals surface area (Å²) in [6, 6.07) is 16.0. The zero-order chi connectivity index (χ0) is 14.4. The molecular weight excluding hydrogens is 375 g/mol. The van der Waals surface area contributed by atoms with Crippen LogP contribution in [-0.4, -0.2) is 16.1 Å². The first-order valence-corrected chi connectivity index (χ1v) is 7.76. The molecule has 0 unspecified atom stereocenters. The van der Waals surface area contributed by atoms with E-state index >= 15 is 0 Å². The van der Waals surface area contributed by atoms with Gasteiger partial charge in [0.15, 0.2) is 0 Å². The Kier molecular flexibility index (Phi) is 2.92. The average Bonchev–Trinajstić information content (AvgIpc) is 2.86. The zero-order valence-corrected chi connectivity index (χ0v) is 13.2. The van der Waals surface area contributed by atoms with Gasteiger partial charge in [0.1, 0.15) is 16.0 Å². The van der Waals surface area contributed by atoms with E-state index in [0.29, 0.717) is 0 Å². The van der Waals surface area contributed by atoms with Gasteiger partial charge in [-0.05, 0) is 34.2 Å². The van der Waals surface area contributed by atoms with E-state index in [1.165, 1.54) is 0 Å². The first-order chi connectivity index (χ1) is 10.3. The third-order valence-electron chi connectivity index (χ3n) is 3.85. The Morgan fingerprint density at radius 3 is 2.67 bits per heavy atom. The van der Waals surface area contributed by atoms with Crippen molar-refractivity contribution in [2.45, 2.75) is 6.04 Å². The summed E-state index contributed by atoms with van der Waals surface area (Å²) in [5.41, 5.74) is 3.96. The molecule has 4 heteroatoms. The molecule has 0 radical (unpaired) electrons. The highest BCUT2D eigenvalue weighted by Crippen LogP contribution is 2.37. The van der Waals surface area contributed by atoms with E-state index < -0.39 is 0 Å². The van der Waals surface area contributed by atoms with Crippen LogP contribution in [0.2, 0.25) is 0 Å². The van der Waals surface area contributed by atoms with E-state index in [2.05, 4.69) is 33.8 Å². The number of aromatic nitrogens is 2. The summed E-state index contributed by atoms with van der Waals surface area (Å²) in [5.74, 6) is 0. The number of nitrogens with zero attached hydrogens (tertiary/aromatic N) is 2. The first kappa shape index (κ1) is 12.8. The summed E-state index contributed by atoms with van der Waals surface area (Å²) < 4.78 is 2.94. The molecule has 2 heterocycles. The molecule has 1 aliphatic rings. The fraction of sp³-hybridized carbons (Fsp3) is 0.0588. The molecule has 0 saturated heterocycles. The molecule has 1 aliphatic heterocycles. The Labute approximate surface area is 135 Å². The van der Waals surface area contributed by atoms with Crippen molar-refractivity contribution in [3.63, 3.8) is 0 Å². The molecule has 0 spiro atoms. The van der Waals surface area contributed by atoms with Crippen molar-refractivity contribution < 1.29 is 4.79 Å². The lowest BCUT2D eigenvalue weighted by Gasteiger charge is -2.23. The predicted octanol–water partition coefficient (Wildman–Crippen LogP) is 3.83. The fourth-order valence-corrected chi connectivity index (χ4v) is 3.62. The number of rotatable bonds is 2. The Hall–Kier alpha value is -1.95. The van der Waals surface area contributed by atoms with Crippen LogP contribution in [0.5, 0.6) is 0 Å². The average molecular weight is 386 g/mol. The minimum atomic E-state index is -0.149. The monoisotopic (exact) mass is 386 g/mol. The number of benzene rings is 2. The number of hydrogen-bond donors (Lipinski definition) is 0. The number of para-hydroxylation sites is 1. The molecule has 3 aromatic rings. The number of halogens is 1. The van der Waals surface area contributed by atoms with Gasteiger partial charge in [-0.1, -0.05) is 48.5 Å². The van der Waals surface area contributed by atoms with Crippen LogP contribution in [0.4, 0.5) is 0 Å². The van der Waals surface area contributed by atoms with Gasteiger partial charge in [0, 0.05) is 16.5 Å². The Bertz CT molecular complexity index is 880. The van der Waals surface area contributed by atoms with Crippen LogP contribution in [0.15, 0.2) is 54.1 Å². The lowest BCUT2D eigenvalue weighted by Crippen LogP contribution is -2.18. The summed E-state index contributed by atoms with van der Waals surface area (Å²) in [7, 11) is 0. The van der Waals surface area contributed by atoms with Crippen molar-refractivity contribution in [2.75, 3.05) is 0 Å². The second-order valence-electron chi connectivity index (χ2n) is 5.05. The van der Waals surface area contributed by atoms with Gasteiger partial charge < -0.3 is 0 Å². The summed E-state index contributed by atoms with van der Waals surface area (Å²) in [5, 5.41) is 5.81. The number of carbonyl (C=O) groups excluding carboxylic acids is 1. The molecule has 0 N–H and O–H groups in total. The van der Waals surface area contributed by atoms with Crippen molar-refractivity contribution in [3.05, 3.63) is 68.9 Å². The van der Waals surface area contributed by atoms with Gasteiger partial charge in [-0.2, -0.15) is 5.10 Å². The molecule has 102 valence electrons. The SMILES string of the molecule is O=CC1=Cc2cccc3c(I)nn(c23)[C@@H]1c1ccccc1. The maximum atomic E-state index is 11.6. The molecule has 21 heavy (non-hydrogen) atoms. The minimum Gasteiger partial charge on any atom is -0.298 e. The number of aldehydes is 1. The van der Waals surface area contributed by atoms with E-state index in [9.17, 15) is 4.79 Å². The molecule has 0 bridgehead atoms. The Balaban J connectivity index is 2.06. The van der Waals surface area contributed by atoms with Crippen LogP contribution in [-0.2, 0) is 4.79 Å². The van der Waals surface area contributed by atoms with Gasteiger partial charge in [-0.25, -0.2) is 0 Å². The molecule has 2 aromatic carbocycles. The molecule has 0 saturated carbocycles. The van der Waals surface area contributed by atoms with Crippen molar-refractivity contribution in [1.29, 1.82) is 0 Å². The zero-order valence-electron chi connectivity index (χ0n) is 11.0. The number of allylic oxidation sites excluding steroid dienone is 1. The standard InChI is InChI=1S/C17H11IN2O/c18-17-14-8-4-7-12-9-13(10-21)15(20(19-17)16(12)14)11-5-2-1-3-6-11/h1-10,15H/t15-/m1/s1. The third kappa shape index (κ3) is 1.86. The lowest BCUT2D eigenvalue weighted by molar-refractivity contribution is -0.105. The van der Waals surface area contributed by atoms with Crippen LogP contribution in [0.25, 0.3) is 17.0 Å². The molecule has 0 fully saturated rings. The van der Waals surface area contributed by atoms with E-state index in [1.54, 1.807) is 0 Å². The highest BCUT2D eigenvalue weighted by molar-refractivity contribution is 14.1. The van der Waals surface area contributed by atoms with E-state index in [-0.39, 0.29) is 6.04 Å². The van der Waals surface area contributed by atoms with Gasteiger partial charge in [0.2, 0.25) is 0 Å². The van der Waals surface area contributed by atoms with Crippen LogP contribution in [0.1, 0.15) is 17.2 Å². The van der Waals surface area contributed by atoms with E-state index in [1.807, 2.05) is 53.2 Å². The van der Waals surface area contributed by atoms with Gasteiger partial charge in [0.05, 0.1) is 5.52 Å². The Morgan fingerprint density at radius 1 is 1.10 bits per heavy atom. The fourth-order valence-electron chi connectivity index (χ4n) is 2.95. The number of hydrogen-bond acceptors (Lipinski definition) is 2. The van der Waals surface area contributed by atoms with Crippen molar-refractivity contribution in [2.24, 2.45) is 0 Å². The van der Waals surface area contributed by atoms with Crippen molar-refractivity contribution >= 4 is 45.9 Å². The summed E-state index contributed by atoms with van der Waals surface area (Å²) in [4.78, 5) is 11.6. The quantitative estimate of drug-likeness (QED) is 0.496. The maximum absolute atomic E-state index is 11.6. The minimum absolute atomic E-state index is 0.149. The second kappa shape index (κ2) is 4.80. The Morgan fingerprint density at radius 2 is 1.90 bits per heavy atom. The molecular formula is C17H11IN2O. The van der Waals surface area contributed by atoms with Crippen LogP contribution in [0, 0.1) is 3.70 Å². The van der Waals surface area contributed by atoms with Gasteiger partial charge in [-0.15, -0.1) is 0 Å². The van der Waals surface area contributed by atoms with Crippen LogP contribution < -0.4 is 0 Å². The van der Waals surface area contributed by atoms with Gasteiger partial charge >= 0.3 is 0 Å². The molecule has 3 nitrogen and oxygen atoms in total. The topological polar surface area (TPSA) is 34.9 Å². The molecule has 1 aromatic heterocycles. The second-order valence-corrected chi connectivity index (χ2v) is 6.08. The van der Waals surface area contributed by atoms with Gasteiger partial charge in [-0.3, -0.25) is 9.48 Å². The molecule has 0 aliphatic carbocycles.